The van der Waals surface area contributed by atoms with Gasteiger partial charge in [-0.3, -0.25) is 19.8 Å². The molecular weight excluding hydrogens is 428 g/mol. The average Bonchev–Trinajstić information content (AvgIpc) is 3.05. The minimum atomic E-state index is -1.38. The lowest BCUT2D eigenvalue weighted by Gasteiger charge is -2.29. The van der Waals surface area contributed by atoms with E-state index >= 15 is 0 Å². The van der Waals surface area contributed by atoms with Crippen LogP contribution in [0.1, 0.15) is 28.4 Å². The van der Waals surface area contributed by atoms with Crippen molar-refractivity contribution in [3.8, 4) is 5.75 Å². The van der Waals surface area contributed by atoms with Gasteiger partial charge in [0.05, 0.1) is 11.0 Å². The maximum atomic E-state index is 13.3. The van der Waals surface area contributed by atoms with Gasteiger partial charge < -0.3 is 21.4 Å². The van der Waals surface area contributed by atoms with Crippen LogP contribution in [0.4, 0.5) is 11.4 Å². The lowest BCUT2D eigenvalue weighted by molar-refractivity contribution is -0.384. The molecule has 2 aromatic carbocycles. The molecule has 0 unspecified atom stereocenters. The molecular formula is C23H18N4O6. The lowest BCUT2D eigenvalue weighted by Crippen LogP contribution is -2.31. The van der Waals surface area contributed by atoms with E-state index < -0.39 is 34.2 Å². The number of carboxylic acid groups (broad SMARTS) is 1. The zero-order valence-corrected chi connectivity index (χ0v) is 17.1. The number of carbonyl (C=O) groups is 2. The summed E-state index contributed by atoms with van der Waals surface area (Å²) < 4.78 is 0. The molecule has 0 fully saturated rings. The number of nitrogens with zero attached hydrogens (tertiary/aromatic N) is 2. The van der Waals surface area contributed by atoms with Crippen LogP contribution >= 0.6 is 0 Å². The summed E-state index contributed by atoms with van der Waals surface area (Å²) in [4.78, 5) is 36.7. The zero-order chi connectivity index (χ0) is 23.9. The predicted molar refractivity (Wildman–Crippen MR) is 119 cm³/mol. The molecule has 33 heavy (non-hydrogen) atoms. The van der Waals surface area contributed by atoms with E-state index in [1.807, 2.05) is 0 Å². The van der Waals surface area contributed by atoms with Crippen LogP contribution in [0.2, 0.25) is 0 Å². The monoisotopic (exact) mass is 446 g/mol. The Kier molecular flexibility index (Phi) is 5.26. The number of phenols is 1. The number of non-ortho nitro benzene ring substituents is 1. The highest BCUT2D eigenvalue weighted by atomic mass is 16.6. The summed E-state index contributed by atoms with van der Waals surface area (Å²) in [6.45, 7) is 0. The second kappa shape index (κ2) is 8.08. The van der Waals surface area contributed by atoms with Crippen LogP contribution in [0.3, 0.4) is 0 Å². The van der Waals surface area contributed by atoms with Crippen LogP contribution in [0, 0.1) is 15.5 Å². The van der Waals surface area contributed by atoms with Crippen molar-refractivity contribution < 1.29 is 24.7 Å². The standard InChI is InChI=1S/C23H18N4O6/c24-17-4-2-1-3-15(17)19-20(25)22(29)26(14-9-10-18(28)16(11-14)23(30)31)21(19)12-5-7-13(8-6-12)27(32)33/h1-3,5-11,21,24,28H,4,25H2,(H,30,31)/t21-/m1/s1. The molecule has 4 rings (SSSR count). The molecule has 1 heterocycles. The van der Waals surface area contributed by atoms with E-state index in [1.165, 1.54) is 35.2 Å². The van der Waals surface area contributed by atoms with Crippen LogP contribution in [-0.2, 0) is 4.79 Å². The first-order chi connectivity index (χ1) is 15.7. The summed E-state index contributed by atoms with van der Waals surface area (Å²) in [5.41, 5.74) is 7.27. The molecule has 10 heteroatoms. The molecule has 2 aromatic rings. The Morgan fingerprint density at radius 2 is 1.91 bits per heavy atom. The molecule has 10 nitrogen and oxygen atoms in total. The number of benzene rings is 2. The van der Waals surface area contributed by atoms with Crippen molar-refractivity contribution in [1.82, 2.24) is 0 Å². The normalized spacial score (nSPS) is 18.0. The first-order valence-corrected chi connectivity index (χ1v) is 9.79. The molecule has 166 valence electrons. The summed E-state index contributed by atoms with van der Waals surface area (Å²) >= 11 is 0. The second-order valence-corrected chi connectivity index (χ2v) is 7.45. The van der Waals surface area contributed by atoms with Crippen molar-refractivity contribution >= 4 is 29.0 Å². The van der Waals surface area contributed by atoms with E-state index in [9.17, 15) is 29.9 Å². The fourth-order valence-corrected chi connectivity index (χ4v) is 3.95. The summed E-state index contributed by atoms with van der Waals surface area (Å²) in [7, 11) is 0. The number of nitrogens with two attached hydrogens (primary N) is 1. The number of aromatic hydroxyl groups is 1. The second-order valence-electron chi connectivity index (χ2n) is 7.45. The van der Waals surface area contributed by atoms with Crippen molar-refractivity contribution in [3.63, 3.8) is 0 Å². The molecule has 1 aliphatic carbocycles. The SMILES string of the molecule is N=C1CC=CC=C1C1=C(N)C(=O)N(c2ccc(O)c(C(=O)O)c2)[C@@H]1c1ccc([N+](=O)[O-])cc1. The fraction of sp³-hybridized carbons (Fsp3) is 0.0870. The molecule has 0 saturated carbocycles. The van der Waals surface area contributed by atoms with E-state index in [0.29, 0.717) is 23.1 Å². The Balaban J connectivity index is 1.92. The average molecular weight is 446 g/mol. The van der Waals surface area contributed by atoms with Gasteiger partial charge in [0, 0.05) is 41.1 Å². The first-order valence-electron chi connectivity index (χ1n) is 9.79. The summed E-state index contributed by atoms with van der Waals surface area (Å²) in [6.07, 6.45) is 5.54. The van der Waals surface area contributed by atoms with Crippen LogP contribution in [0.25, 0.3) is 0 Å². The van der Waals surface area contributed by atoms with E-state index in [0.717, 1.165) is 12.1 Å². The van der Waals surface area contributed by atoms with Gasteiger partial charge >= 0.3 is 5.97 Å². The minimum Gasteiger partial charge on any atom is -0.507 e. The Labute approximate surface area is 187 Å². The summed E-state index contributed by atoms with van der Waals surface area (Å²) in [5.74, 6) is -2.46. The number of amides is 1. The van der Waals surface area contributed by atoms with Gasteiger partial charge in [-0.15, -0.1) is 0 Å². The first kappa shape index (κ1) is 21.5. The fourth-order valence-electron chi connectivity index (χ4n) is 3.95. The maximum absolute atomic E-state index is 13.3. The van der Waals surface area contributed by atoms with Gasteiger partial charge in [-0.25, -0.2) is 4.79 Å². The number of allylic oxidation sites excluding steroid dienone is 3. The third kappa shape index (κ3) is 3.63. The highest BCUT2D eigenvalue weighted by Crippen LogP contribution is 2.44. The highest BCUT2D eigenvalue weighted by molar-refractivity contribution is 6.15. The number of nitro groups is 1. The van der Waals surface area contributed by atoms with Crippen LogP contribution < -0.4 is 10.6 Å². The van der Waals surface area contributed by atoms with Crippen molar-refractivity contribution in [1.29, 1.82) is 5.41 Å². The number of anilines is 1. The Morgan fingerprint density at radius 3 is 2.52 bits per heavy atom. The minimum absolute atomic E-state index is 0.116. The Bertz CT molecular complexity index is 1310. The van der Waals surface area contributed by atoms with Crippen LogP contribution in [0.15, 0.2) is 77.5 Å². The third-order valence-electron chi connectivity index (χ3n) is 5.52. The molecule has 0 radical (unpaired) electrons. The van der Waals surface area contributed by atoms with E-state index in [2.05, 4.69) is 0 Å². The zero-order valence-electron chi connectivity index (χ0n) is 17.1. The molecule has 5 N–H and O–H groups in total. The van der Waals surface area contributed by atoms with Gasteiger partial charge in [-0.2, -0.15) is 0 Å². The number of nitro benzene ring substituents is 1. The number of rotatable bonds is 5. The molecule has 0 aromatic heterocycles. The van der Waals surface area contributed by atoms with Crippen molar-refractivity contribution in [2.24, 2.45) is 5.73 Å². The highest BCUT2D eigenvalue weighted by Gasteiger charge is 2.42. The molecule has 1 aliphatic heterocycles. The number of hydrogen-bond donors (Lipinski definition) is 4. The van der Waals surface area contributed by atoms with Gasteiger partial charge in [0.15, 0.2) is 0 Å². The molecule has 0 bridgehead atoms. The molecule has 1 atom stereocenters. The summed E-state index contributed by atoms with van der Waals surface area (Å²) in [6, 6.07) is 8.40. The maximum Gasteiger partial charge on any atom is 0.339 e. The number of hydrogen-bond acceptors (Lipinski definition) is 7. The number of carboxylic acids is 1. The van der Waals surface area contributed by atoms with E-state index in [-0.39, 0.29) is 22.8 Å². The van der Waals surface area contributed by atoms with Crippen molar-refractivity contribution in [2.45, 2.75) is 12.5 Å². The Hall–Kier alpha value is -4.73. The van der Waals surface area contributed by atoms with E-state index in [4.69, 9.17) is 11.1 Å². The summed E-state index contributed by atoms with van der Waals surface area (Å²) in [5, 5.41) is 38.8. The van der Waals surface area contributed by atoms with E-state index in [1.54, 1.807) is 18.2 Å². The number of aromatic carboxylic acids is 1. The number of nitrogens with one attached hydrogen (secondary N) is 1. The van der Waals surface area contributed by atoms with Gasteiger partial charge in [0.1, 0.15) is 17.0 Å². The molecule has 2 aliphatic rings. The largest absolute Gasteiger partial charge is 0.507 e. The van der Waals surface area contributed by atoms with Crippen LogP contribution in [-0.4, -0.2) is 32.7 Å². The molecule has 0 saturated heterocycles. The van der Waals surface area contributed by atoms with Crippen molar-refractivity contribution in [3.05, 3.63) is 98.8 Å². The Morgan fingerprint density at radius 1 is 1.21 bits per heavy atom. The van der Waals surface area contributed by atoms with Gasteiger partial charge in [-0.1, -0.05) is 18.2 Å². The van der Waals surface area contributed by atoms with Gasteiger partial charge in [0.2, 0.25) is 0 Å². The van der Waals surface area contributed by atoms with Crippen LogP contribution in [0.5, 0.6) is 5.75 Å². The smallest absolute Gasteiger partial charge is 0.339 e. The topological polar surface area (TPSA) is 171 Å². The number of carbonyl (C=O) groups excluding carboxylic acids is 1. The predicted octanol–water partition coefficient (Wildman–Crippen LogP) is 3.21. The molecule has 1 amide bonds. The third-order valence-corrected chi connectivity index (χ3v) is 5.52. The quantitative estimate of drug-likeness (QED) is 0.403. The van der Waals surface area contributed by atoms with Gasteiger partial charge in [0.25, 0.3) is 11.6 Å². The van der Waals surface area contributed by atoms with Gasteiger partial charge in [-0.05, 0) is 35.9 Å². The van der Waals surface area contributed by atoms with Crippen molar-refractivity contribution in [2.75, 3.05) is 4.90 Å². The lowest BCUT2D eigenvalue weighted by atomic mass is 9.87. The molecule has 0 spiro atoms.